The Bertz CT molecular complexity index is 780. The third-order valence-corrected chi connectivity index (χ3v) is 4.18. The van der Waals surface area contributed by atoms with Gasteiger partial charge in [-0.1, -0.05) is 0 Å². The van der Waals surface area contributed by atoms with Crippen molar-refractivity contribution in [2.45, 2.75) is 19.1 Å². The Balaban J connectivity index is 1.79. The first kappa shape index (κ1) is 20.2. The lowest BCUT2D eigenvalue weighted by atomic mass is 10.2. The summed E-state index contributed by atoms with van der Waals surface area (Å²) in [5.74, 6) is -0.196. The van der Waals surface area contributed by atoms with E-state index in [4.69, 9.17) is 9.84 Å². The van der Waals surface area contributed by atoms with Crippen molar-refractivity contribution in [2.24, 2.45) is 0 Å². The van der Waals surface area contributed by atoms with Gasteiger partial charge in [0.1, 0.15) is 5.82 Å². The van der Waals surface area contributed by atoms with E-state index in [0.717, 1.165) is 24.8 Å². The number of hydrogen-bond donors (Lipinski definition) is 3. The molecule has 152 valence electrons. The zero-order chi connectivity index (χ0) is 20.1. The van der Waals surface area contributed by atoms with Crippen LogP contribution in [0, 0.1) is 0 Å². The van der Waals surface area contributed by atoms with Gasteiger partial charge in [0.2, 0.25) is 5.95 Å². The van der Waals surface area contributed by atoms with Gasteiger partial charge in [0, 0.05) is 36.6 Å². The highest BCUT2D eigenvalue weighted by atomic mass is 19.4. The number of halogens is 3. The van der Waals surface area contributed by atoms with Crippen LogP contribution in [0.1, 0.15) is 12.6 Å². The highest BCUT2D eigenvalue weighted by Crippen LogP contribution is 2.31. The van der Waals surface area contributed by atoms with Gasteiger partial charge in [-0.15, -0.1) is 0 Å². The molecular formula is C18H22F3N5O2. The third kappa shape index (κ3) is 5.23. The molecule has 1 fully saturated rings. The van der Waals surface area contributed by atoms with Crippen LogP contribution in [0.3, 0.4) is 0 Å². The van der Waals surface area contributed by atoms with Gasteiger partial charge in [-0.2, -0.15) is 18.2 Å². The van der Waals surface area contributed by atoms with Gasteiger partial charge in [0.05, 0.1) is 19.8 Å². The van der Waals surface area contributed by atoms with Gasteiger partial charge in [-0.25, -0.2) is 4.98 Å². The van der Waals surface area contributed by atoms with Crippen molar-refractivity contribution in [3.8, 4) is 0 Å². The van der Waals surface area contributed by atoms with Crippen LogP contribution < -0.4 is 15.5 Å². The standard InChI is InChI=1S/C18H22F3N5O2/c1-12(11-27)22-17-24-15(18(19,20)21)10-16(25-17)23-13-2-4-14(5-3-13)26-6-8-28-9-7-26/h2-5,10,12,27H,6-9,11H2,1H3,(H2,22,23,24,25)/t12-/m0/s1. The number of aliphatic hydroxyl groups is 1. The maximum absolute atomic E-state index is 13.2. The average molecular weight is 397 g/mol. The fourth-order valence-electron chi connectivity index (χ4n) is 2.71. The van der Waals surface area contributed by atoms with Gasteiger partial charge < -0.3 is 25.4 Å². The van der Waals surface area contributed by atoms with Crippen LogP contribution >= 0.6 is 0 Å². The van der Waals surface area contributed by atoms with Crippen LogP contribution in [0.5, 0.6) is 0 Å². The van der Waals surface area contributed by atoms with Crippen LogP contribution in [0.15, 0.2) is 30.3 Å². The number of hydrogen-bond acceptors (Lipinski definition) is 7. The normalized spacial score (nSPS) is 16.0. The van der Waals surface area contributed by atoms with Gasteiger partial charge in [-0.05, 0) is 31.2 Å². The molecule has 1 aliphatic heterocycles. The summed E-state index contributed by atoms with van der Waals surface area (Å²) < 4.78 is 44.8. The molecule has 28 heavy (non-hydrogen) atoms. The summed E-state index contributed by atoms with van der Waals surface area (Å²) in [6.45, 7) is 4.29. The van der Waals surface area contributed by atoms with Crippen molar-refractivity contribution < 1.29 is 23.0 Å². The number of aliphatic hydroxyl groups excluding tert-OH is 1. The first-order chi connectivity index (χ1) is 13.3. The van der Waals surface area contributed by atoms with Crippen molar-refractivity contribution in [1.82, 2.24) is 9.97 Å². The van der Waals surface area contributed by atoms with Gasteiger partial charge >= 0.3 is 6.18 Å². The SMILES string of the molecule is C[C@@H](CO)Nc1nc(Nc2ccc(N3CCOCC3)cc2)cc(C(F)(F)F)n1. The van der Waals surface area contributed by atoms with Crippen molar-refractivity contribution in [2.75, 3.05) is 48.4 Å². The molecule has 1 atom stereocenters. The van der Waals surface area contributed by atoms with Crippen molar-refractivity contribution in [3.63, 3.8) is 0 Å². The number of anilines is 4. The lowest BCUT2D eigenvalue weighted by molar-refractivity contribution is -0.141. The predicted octanol–water partition coefficient (Wildman–Crippen LogP) is 2.87. The summed E-state index contributed by atoms with van der Waals surface area (Å²) in [6.07, 6.45) is -4.61. The van der Waals surface area contributed by atoms with Crippen LogP contribution in [0.2, 0.25) is 0 Å². The van der Waals surface area contributed by atoms with Crippen LogP contribution in [-0.2, 0) is 10.9 Å². The number of nitrogens with zero attached hydrogens (tertiary/aromatic N) is 3. The van der Waals surface area contributed by atoms with E-state index < -0.39 is 17.9 Å². The summed E-state index contributed by atoms with van der Waals surface area (Å²) in [7, 11) is 0. The summed E-state index contributed by atoms with van der Waals surface area (Å²) >= 11 is 0. The van der Waals surface area contributed by atoms with Crippen LogP contribution in [0.25, 0.3) is 0 Å². The molecule has 3 N–H and O–H groups in total. The Kier molecular flexibility index (Phi) is 6.20. The van der Waals surface area contributed by atoms with Crippen LogP contribution in [0.4, 0.5) is 36.3 Å². The second-order valence-electron chi connectivity index (χ2n) is 6.46. The molecule has 0 saturated carbocycles. The average Bonchev–Trinajstić information content (AvgIpc) is 2.68. The van der Waals surface area contributed by atoms with E-state index in [9.17, 15) is 13.2 Å². The number of morpholine rings is 1. The van der Waals surface area contributed by atoms with E-state index in [2.05, 4.69) is 25.5 Å². The Morgan fingerprint density at radius 3 is 2.46 bits per heavy atom. The van der Waals surface area contributed by atoms with Gasteiger partial charge in [0.15, 0.2) is 5.69 Å². The highest BCUT2D eigenvalue weighted by molar-refractivity contribution is 5.62. The van der Waals surface area contributed by atoms with Gasteiger partial charge in [-0.3, -0.25) is 0 Å². The lowest BCUT2D eigenvalue weighted by Crippen LogP contribution is -2.36. The molecule has 7 nitrogen and oxygen atoms in total. The molecule has 3 rings (SSSR count). The van der Waals surface area contributed by atoms with E-state index in [1.54, 1.807) is 19.1 Å². The fraction of sp³-hybridized carbons (Fsp3) is 0.444. The molecule has 10 heteroatoms. The maximum atomic E-state index is 13.2. The number of nitrogens with one attached hydrogen (secondary N) is 2. The zero-order valence-electron chi connectivity index (χ0n) is 15.3. The summed E-state index contributed by atoms with van der Waals surface area (Å²) in [5, 5.41) is 14.6. The highest BCUT2D eigenvalue weighted by Gasteiger charge is 2.34. The number of benzene rings is 1. The van der Waals surface area contributed by atoms with E-state index in [1.807, 2.05) is 12.1 Å². The zero-order valence-corrected chi connectivity index (χ0v) is 15.3. The lowest BCUT2D eigenvalue weighted by Gasteiger charge is -2.28. The van der Waals surface area contributed by atoms with E-state index in [1.165, 1.54) is 0 Å². The van der Waals surface area contributed by atoms with Crippen molar-refractivity contribution in [3.05, 3.63) is 36.0 Å². The van der Waals surface area contributed by atoms with Gasteiger partial charge in [0.25, 0.3) is 0 Å². The number of alkyl halides is 3. The molecule has 1 aliphatic rings. The fourth-order valence-corrected chi connectivity index (χ4v) is 2.71. The first-order valence-electron chi connectivity index (χ1n) is 8.88. The van der Waals surface area contributed by atoms with Crippen molar-refractivity contribution >= 4 is 23.1 Å². The molecule has 1 saturated heterocycles. The number of ether oxygens (including phenoxy) is 1. The Labute approximate surface area is 160 Å². The molecular weight excluding hydrogens is 375 g/mol. The number of rotatable bonds is 6. The third-order valence-electron chi connectivity index (χ3n) is 4.18. The molecule has 2 aromatic rings. The monoisotopic (exact) mass is 397 g/mol. The summed E-state index contributed by atoms with van der Waals surface area (Å²) in [5.41, 5.74) is 0.555. The van der Waals surface area contributed by atoms with Crippen molar-refractivity contribution in [1.29, 1.82) is 0 Å². The number of aromatic nitrogens is 2. The Morgan fingerprint density at radius 1 is 1.18 bits per heavy atom. The molecule has 0 unspecified atom stereocenters. The smallest absolute Gasteiger partial charge is 0.394 e. The second-order valence-corrected chi connectivity index (χ2v) is 6.46. The van der Waals surface area contributed by atoms with E-state index in [0.29, 0.717) is 18.9 Å². The Hall–Kier alpha value is -2.59. The minimum Gasteiger partial charge on any atom is -0.394 e. The minimum atomic E-state index is -4.61. The molecule has 0 radical (unpaired) electrons. The molecule has 0 spiro atoms. The predicted molar refractivity (Wildman–Crippen MR) is 100.0 cm³/mol. The quantitative estimate of drug-likeness (QED) is 0.691. The van der Waals surface area contributed by atoms with E-state index >= 15 is 0 Å². The first-order valence-corrected chi connectivity index (χ1v) is 8.88. The molecule has 1 aromatic heterocycles. The van der Waals surface area contributed by atoms with Crippen LogP contribution in [-0.4, -0.2) is 54.0 Å². The molecule has 0 bridgehead atoms. The minimum absolute atomic E-state index is 0.00841. The molecule has 0 aliphatic carbocycles. The van der Waals surface area contributed by atoms with E-state index in [-0.39, 0.29) is 18.4 Å². The second kappa shape index (κ2) is 8.61. The maximum Gasteiger partial charge on any atom is 0.433 e. The topological polar surface area (TPSA) is 82.5 Å². The molecule has 0 amide bonds. The Morgan fingerprint density at radius 2 is 1.86 bits per heavy atom. The summed E-state index contributed by atoms with van der Waals surface area (Å²) in [4.78, 5) is 9.74. The molecule has 1 aromatic carbocycles. The largest absolute Gasteiger partial charge is 0.433 e. The molecule has 2 heterocycles. The summed E-state index contributed by atoms with van der Waals surface area (Å²) in [6, 6.07) is 7.72.